The molecule has 0 saturated heterocycles. The zero-order valence-corrected chi connectivity index (χ0v) is 7.03. The monoisotopic (exact) mass is 181 g/mol. The van der Waals surface area contributed by atoms with Crippen molar-refractivity contribution in [1.29, 1.82) is 0 Å². The summed E-state index contributed by atoms with van der Waals surface area (Å²) < 4.78 is 0. The smallest absolute Gasteiger partial charge is 0.339 e. The van der Waals surface area contributed by atoms with E-state index in [1.165, 1.54) is 12.1 Å². The molecule has 0 amide bonds. The van der Waals surface area contributed by atoms with Gasteiger partial charge in [-0.3, -0.25) is 0 Å². The summed E-state index contributed by atoms with van der Waals surface area (Å²) in [5.74, 6) is -1.34. The second-order valence-electron chi connectivity index (χ2n) is 2.70. The number of aromatic hydroxyl groups is 1. The van der Waals surface area contributed by atoms with E-state index in [1.54, 1.807) is 6.07 Å². The number of benzene rings is 1. The summed E-state index contributed by atoms with van der Waals surface area (Å²) in [5, 5.41) is 17.8. The first-order valence-corrected chi connectivity index (χ1v) is 3.90. The lowest BCUT2D eigenvalue weighted by Crippen LogP contribution is -2.04. The van der Waals surface area contributed by atoms with Crippen LogP contribution in [0, 0.1) is 0 Å². The Morgan fingerprint density at radius 3 is 2.69 bits per heavy atom. The van der Waals surface area contributed by atoms with Crippen molar-refractivity contribution in [1.82, 2.24) is 0 Å². The van der Waals surface area contributed by atoms with Gasteiger partial charge in [0, 0.05) is 0 Å². The van der Waals surface area contributed by atoms with Gasteiger partial charge >= 0.3 is 5.97 Å². The summed E-state index contributed by atoms with van der Waals surface area (Å²) in [7, 11) is 0. The average molecular weight is 181 g/mol. The SMILES string of the molecule is NCCc1ccc(O)c(C(=O)O)c1. The molecule has 0 bridgehead atoms. The number of carboxylic acid groups (broad SMARTS) is 1. The van der Waals surface area contributed by atoms with Gasteiger partial charge < -0.3 is 15.9 Å². The van der Waals surface area contributed by atoms with Crippen molar-refractivity contribution < 1.29 is 15.0 Å². The van der Waals surface area contributed by atoms with Crippen LogP contribution in [0.25, 0.3) is 0 Å². The van der Waals surface area contributed by atoms with Gasteiger partial charge in [0.2, 0.25) is 0 Å². The highest BCUT2D eigenvalue weighted by atomic mass is 16.4. The van der Waals surface area contributed by atoms with E-state index >= 15 is 0 Å². The molecule has 4 heteroatoms. The number of carboxylic acids is 1. The minimum absolute atomic E-state index is 0.0778. The van der Waals surface area contributed by atoms with Crippen molar-refractivity contribution >= 4 is 5.97 Å². The molecule has 1 aromatic rings. The van der Waals surface area contributed by atoms with Crippen LogP contribution in [0.5, 0.6) is 5.75 Å². The number of carbonyl (C=O) groups is 1. The predicted molar refractivity (Wildman–Crippen MR) is 47.8 cm³/mol. The molecule has 0 atom stereocenters. The second kappa shape index (κ2) is 3.91. The van der Waals surface area contributed by atoms with Crippen LogP contribution < -0.4 is 5.73 Å². The lowest BCUT2D eigenvalue weighted by atomic mass is 10.1. The summed E-state index contributed by atoms with van der Waals surface area (Å²) >= 11 is 0. The van der Waals surface area contributed by atoms with Gasteiger partial charge in [-0.05, 0) is 30.7 Å². The fourth-order valence-electron chi connectivity index (χ4n) is 1.08. The molecule has 1 aromatic carbocycles. The first kappa shape index (κ1) is 9.54. The lowest BCUT2D eigenvalue weighted by molar-refractivity contribution is 0.0693. The van der Waals surface area contributed by atoms with E-state index < -0.39 is 5.97 Å². The van der Waals surface area contributed by atoms with Crippen LogP contribution in [0.3, 0.4) is 0 Å². The van der Waals surface area contributed by atoms with Crippen LogP contribution in [-0.2, 0) is 6.42 Å². The van der Waals surface area contributed by atoms with Gasteiger partial charge in [-0.15, -0.1) is 0 Å². The molecule has 0 fully saturated rings. The summed E-state index contributed by atoms with van der Waals surface area (Å²) in [6.45, 7) is 0.462. The molecule has 0 aliphatic carbocycles. The Labute approximate surface area is 75.6 Å². The van der Waals surface area contributed by atoms with Crippen molar-refractivity contribution in [3.63, 3.8) is 0 Å². The minimum atomic E-state index is -1.13. The van der Waals surface area contributed by atoms with Crippen molar-refractivity contribution in [3.8, 4) is 5.75 Å². The Kier molecular flexibility index (Phi) is 2.87. The fraction of sp³-hybridized carbons (Fsp3) is 0.222. The van der Waals surface area contributed by atoms with E-state index in [-0.39, 0.29) is 11.3 Å². The first-order chi connectivity index (χ1) is 6.15. The molecule has 0 radical (unpaired) electrons. The standard InChI is InChI=1S/C9H11NO3/c10-4-3-6-1-2-8(11)7(5-6)9(12)13/h1-2,5,11H,3-4,10H2,(H,12,13). The first-order valence-electron chi connectivity index (χ1n) is 3.90. The predicted octanol–water partition coefficient (Wildman–Crippen LogP) is 0.592. The van der Waals surface area contributed by atoms with Gasteiger partial charge in [0.1, 0.15) is 11.3 Å². The summed E-state index contributed by atoms with van der Waals surface area (Å²) in [6, 6.07) is 4.47. The summed E-state index contributed by atoms with van der Waals surface area (Å²) in [6.07, 6.45) is 0.612. The number of hydrogen-bond acceptors (Lipinski definition) is 3. The van der Waals surface area contributed by atoms with E-state index in [0.717, 1.165) is 5.56 Å². The van der Waals surface area contributed by atoms with Gasteiger partial charge in [-0.2, -0.15) is 0 Å². The van der Waals surface area contributed by atoms with E-state index in [9.17, 15) is 4.79 Å². The molecule has 13 heavy (non-hydrogen) atoms. The maximum atomic E-state index is 10.6. The molecule has 0 spiro atoms. The van der Waals surface area contributed by atoms with Crippen LogP contribution in [-0.4, -0.2) is 22.7 Å². The Morgan fingerprint density at radius 1 is 1.46 bits per heavy atom. The molecule has 4 N–H and O–H groups in total. The molecule has 0 unspecified atom stereocenters. The third-order valence-corrected chi connectivity index (χ3v) is 1.72. The van der Waals surface area contributed by atoms with Crippen molar-refractivity contribution in [2.45, 2.75) is 6.42 Å². The Balaban J connectivity index is 3.04. The van der Waals surface area contributed by atoms with E-state index in [0.29, 0.717) is 13.0 Å². The Hall–Kier alpha value is -1.55. The number of phenols is 1. The Morgan fingerprint density at radius 2 is 2.15 bits per heavy atom. The molecule has 0 saturated carbocycles. The number of aromatic carboxylic acids is 1. The van der Waals surface area contributed by atoms with Crippen LogP contribution in [0.1, 0.15) is 15.9 Å². The van der Waals surface area contributed by atoms with Crippen LogP contribution in [0.2, 0.25) is 0 Å². The highest BCUT2D eigenvalue weighted by Gasteiger charge is 2.09. The quantitative estimate of drug-likeness (QED) is 0.637. The third kappa shape index (κ3) is 2.19. The number of rotatable bonds is 3. The zero-order valence-electron chi connectivity index (χ0n) is 7.03. The van der Waals surface area contributed by atoms with Crippen LogP contribution in [0.4, 0.5) is 0 Å². The molecule has 0 aliphatic rings. The molecule has 70 valence electrons. The highest BCUT2D eigenvalue weighted by Crippen LogP contribution is 2.18. The topological polar surface area (TPSA) is 83.5 Å². The van der Waals surface area contributed by atoms with E-state index in [4.69, 9.17) is 15.9 Å². The molecular weight excluding hydrogens is 170 g/mol. The molecule has 0 aromatic heterocycles. The number of hydrogen-bond donors (Lipinski definition) is 3. The maximum Gasteiger partial charge on any atom is 0.339 e. The lowest BCUT2D eigenvalue weighted by Gasteiger charge is -2.02. The zero-order chi connectivity index (χ0) is 9.84. The summed E-state index contributed by atoms with van der Waals surface area (Å²) in [5.41, 5.74) is 6.05. The average Bonchev–Trinajstić information content (AvgIpc) is 2.08. The Bertz CT molecular complexity index is 323. The third-order valence-electron chi connectivity index (χ3n) is 1.72. The largest absolute Gasteiger partial charge is 0.507 e. The van der Waals surface area contributed by atoms with Gasteiger partial charge in [0.05, 0.1) is 0 Å². The maximum absolute atomic E-state index is 10.6. The van der Waals surface area contributed by atoms with Crippen molar-refractivity contribution in [3.05, 3.63) is 29.3 Å². The minimum Gasteiger partial charge on any atom is -0.507 e. The molecule has 0 aliphatic heterocycles. The molecule has 1 rings (SSSR count). The fourth-order valence-corrected chi connectivity index (χ4v) is 1.08. The normalized spacial score (nSPS) is 9.92. The van der Waals surface area contributed by atoms with Gasteiger partial charge in [0.25, 0.3) is 0 Å². The number of nitrogens with two attached hydrogens (primary N) is 1. The van der Waals surface area contributed by atoms with Gasteiger partial charge in [-0.1, -0.05) is 6.07 Å². The molecule has 4 nitrogen and oxygen atoms in total. The van der Waals surface area contributed by atoms with Gasteiger partial charge in [-0.25, -0.2) is 4.79 Å². The van der Waals surface area contributed by atoms with E-state index in [2.05, 4.69) is 0 Å². The highest BCUT2D eigenvalue weighted by molar-refractivity contribution is 5.90. The van der Waals surface area contributed by atoms with Crippen molar-refractivity contribution in [2.24, 2.45) is 5.73 Å². The van der Waals surface area contributed by atoms with Crippen LogP contribution >= 0.6 is 0 Å². The molecule has 0 heterocycles. The van der Waals surface area contributed by atoms with Gasteiger partial charge in [0.15, 0.2) is 0 Å². The van der Waals surface area contributed by atoms with E-state index in [1.807, 2.05) is 0 Å². The molecular formula is C9H11NO3. The summed E-state index contributed by atoms with van der Waals surface area (Å²) in [4.78, 5) is 10.6. The second-order valence-corrected chi connectivity index (χ2v) is 2.70. The van der Waals surface area contributed by atoms with Crippen molar-refractivity contribution in [2.75, 3.05) is 6.54 Å². The van der Waals surface area contributed by atoms with Crippen LogP contribution in [0.15, 0.2) is 18.2 Å².